The number of morpholine rings is 1. The number of hydrogen-bond acceptors (Lipinski definition) is 3. The van der Waals surface area contributed by atoms with Crippen molar-refractivity contribution in [3.63, 3.8) is 0 Å². The van der Waals surface area contributed by atoms with Crippen molar-refractivity contribution < 1.29 is 14.3 Å². The molecule has 1 aliphatic carbocycles. The first kappa shape index (κ1) is 13.1. The number of ether oxygens (including phenoxy) is 1. The Morgan fingerprint density at radius 2 is 1.94 bits per heavy atom. The SMILES string of the molecule is O=C(CCCNC(=O)N1CCOCC1)NC1CC1. The van der Waals surface area contributed by atoms with Gasteiger partial charge >= 0.3 is 6.03 Å². The van der Waals surface area contributed by atoms with E-state index in [1.165, 1.54) is 0 Å². The Morgan fingerprint density at radius 3 is 2.61 bits per heavy atom. The fourth-order valence-electron chi connectivity index (χ4n) is 1.85. The minimum Gasteiger partial charge on any atom is -0.378 e. The highest BCUT2D eigenvalue weighted by molar-refractivity contribution is 5.77. The van der Waals surface area contributed by atoms with Gasteiger partial charge in [-0.1, -0.05) is 0 Å². The fourth-order valence-corrected chi connectivity index (χ4v) is 1.85. The van der Waals surface area contributed by atoms with Gasteiger partial charge in [-0.2, -0.15) is 0 Å². The summed E-state index contributed by atoms with van der Waals surface area (Å²) in [6.45, 7) is 3.06. The predicted octanol–water partition coefficient (Wildman–Crippen LogP) is 0.0870. The van der Waals surface area contributed by atoms with Crippen LogP contribution in [0, 0.1) is 0 Å². The van der Waals surface area contributed by atoms with Gasteiger partial charge < -0.3 is 20.3 Å². The molecule has 6 nitrogen and oxygen atoms in total. The predicted molar refractivity (Wildman–Crippen MR) is 66.2 cm³/mol. The monoisotopic (exact) mass is 255 g/mol. The van der Waals surface area contributed by atoms with Gasteiger partial charge in [0.2, 0.25) is 5.91 Å². The van der Waals surface area contributed by atoms with Crippen LogP contribution in [0.3, 0.4) is 0 Å². The van der Waals surface area contributed by atoms with E-state index in [9.17, 15) is 9.59 Å². The summed E-state index contributed by atoms with van der Waals surface area (Å²) in [4.78, 5) is 24.8. The maximum atomic E-state index is 11.7. The van der Waals surface area contributed by atoms with E-state index in [0.717, 1.165) is 12.8 Å². The number of nitrogens with zero attached hydrogens (tertiary/aromatic N) is 1. The van der Waals surface area contributed by atoms with Crippen LogP contribution in [0.1, 0.15) is 25.7 Å². The molecule has 3 amide bonds. The van der Waals surface area contributed by atoms with Crippen LogP contribution in [-0.4, -0.2) is 55.7 Å². The van der Waals surface area contributed by atoms with E-state index in [0.29, 0.717) is 51.7 Å². The quantitative estimate of drug-likeness (QED) is 0.684. The van der Waals surface area contributed by atoms with Gasteiger partial charge in [-0.3, -0.25) is 4.79 Å². The molecule has 0 atom stereocenters. The first-order valence-electron chi connectivity index (χ1n) is 6.65. The third-order valence-corrected chi connectivity index (χ3v) is 3.10. The highest BCUT2D eigenvalue weighted by Crippen LogP contribution is 2.18. The second-order valence-corrected chi connectivity index (χ2v) is 4.78. The molecule has 0 aromatic carbocycles. The van der Waals surface area contributed by atoms with E-state index in [4.69, 9.17) is 4.74 Å². The summed E-state index contributed by atoms with van der Waals surface area (Å²) in [5.74, 6) is 0.0955. The Hall–Kier alpha value is -1.30. The molecule has 2 rings (SSSR count). The lowest BCUT2D eigenvalue weighted by Gasteiger charge is -2.26. The largest absolute Gasteiger partial charge is 0.378 e. The highest BCUT2D eigenvalue weighted by atomic mass is 16.5. The molecule has 0 aromatic rings. The Kier molecular flexibility index (Phi) is 4.81. The third kappa shape index (κ3) is 4.52. The van der Waals surface area contributed by atoms with E-state index in [-0.39, 0.29) is 11.9 Å². The standard InChI is InChI=1S/C12H21N3O3/c16-11(14-10-3-4-10)2-1-5-13-12(17)15-6-8-18-9-7-15/h10H,1-9H2,(H,13,17)(H,14,16). The van der Waals surface area contributed by atoms with Gasteiger partial charge in [-0.15, -0.1) is 0 Å². The molecule has 2 N–H and O–H groups in total. The average molecular weight is 255 g/mol. The molecule has 1 heterocycles. The second kappa shape index (κ2) is 6.58. The molecule has 18 heavy (non-hydrogen) atoms. The van der Waals surface area contributed by atoms with Crippen molar-refractivity contribution in [3.8, 4) is 0 Å². The normalized spacial score (nSPS) is 19.4. The maximum Gasteiger partial charge on any atom is 0.317 e. The summed E-state index contributed by atoms with van der Waals surface area (Å²) in [6, 6.07) is 0.362. The van der Waals surface area contributed by atoms with Gasteiger partial charge in [0.25, 0.3) is 0 Å². The number of urea groups is 1. The maximum absolute atomic E-state index is 11.7. The van der Waals surface area contributed by atoms with Gasteiger partial charge in [-0.25, -0.2) is 4.79 Å². The molecule has 1 aliphatic heterocycles. The molecule has 0 unspecified atom stereocenters. The van der Waals surface area contributed by atoms with E-state index >= 15 is 0 Å². The Balaban J connectivity index is 1.51. The molecule has 6 heteroatoms. The first-order chi connectivity index (χ1) is 8.75. The summed E-state index contributed by atoms with van der Waals surface area (Å²) >= 11 is 0. The average Bonchev–Trinajstić information content (AvgIpc) is 3.19. The molecule has 2 aliphatic rings. The van der Waals surface area contributed by atoms with Gasteiger partial charge in [0.05, 0.1) is 13.2 Å². The van der Waals surface area contributed by atoms with E-state index in [1.54, 1.807) is 4.90 Å². The van der Waals surface area contributed by atoms with Crippen molar-refractivity contribution in [2.75, 3.05) is 32.8 Å². The molecule has 1 saturated carbocycles. The zero-order valence-corrected chi connectivity index (χ0v) is 10.6. The number of amides is 3. The number of nitrogens with one attached hydrogen (secondary N) is 2. The number of hydrogen-bond donors (Lipinski definition) is 2. The zero-order chi connectivity index (χ0) is 12.8. The van der Waals surface area contributed by atoms with Crippen LogP contribution in [0.2, 0.25) is 0 Å². The van der Waals surface area contributed by atoms with Gasteiger partial charge in [0.15, 0.2) is 0 Å². The van der Waals surface area contributed by atoms with E-state index in [1.807, 2.05) is 0 Å². The Bertz CT molecular complexity index is 299. The molecule has 0 spiro atoms. The molecule has 1 saturated heterocycles. The van der Waals surface area contributed by atoms with Crippen LogP contribution in [0.4, 0.5) is 4.79 Å². The first-order valence-corrected chi connectivity index (χ1v) is 6.65. The number of carbonyl (C=O) groups excluding carboxylic acids is 2. The molecular formula is C12H21N3O3. The van der Waals surface area contributed by atoms with Gasteiger partial charge in [0.1, 0.15) is 0 Å². The molecular weight excluding hydrogens is 234 g/mol. The molecule has 0 bridgehead atoms. The van der Waals surface area contributed by atoms with Gasteiger partial charge in [-0.05, 0) is 19.3 Å². The lowest BCUT2D eigenvalue weighted by Crippen LogP contribution is -2.46. The van der Waals surface area contributed by atoms with Crippen LogP contribution in [0.25, 0.3) is 0 Å². The highest BCUT2D eigenvalue weighted by Gasteiger charge is 2.22. The summed E-state index contributed by atoms with van der Waals surface area (Å²) in [7, 11) is 0. The molecule has 0 radical (unpaired) electrons. The Morgan fingerprint density at radius 1 is 1.22 bits per heavy atom. The second-order valence-electron chi connectivity index (χ2n) is 4.78. The van der Waals surface area contributed by atoms with Crippen molar-refractivity contribution in [2.45, 2.75) is 31.7 Å². The van der Waals surface area contributed by atoms with Gasteiger partial charge in [0, 0.05) is 32.1 Å². The van der Waals surface area contributed by atoms with Crippen LogP contribution in [0.15, 0.2) is 0 Å². The molecule has 2 fully saturated rings. The van der Waals surface area contributed by atoms with E-state index in [2.05, 4.69) is 10.6 Å². The minimum atomic E-state index is -0.0547. The summed E-state index contributed by atoms with van der Waals surface area (Å²) in [5, 5.41) is 5.75. The number of rotatable bonds is 5. The van der Waals surface area contributed by atoms with Crippen LogP contribution < -0.4 is 10.6 Å². The van der Waals surface area contributed by atoms with Crippen molar-refractivity contribution in [2.24, 2.45) is 0 Å². The zero-order valence-electron chi connectivity index (χ0n) is 10.6. The van der Waals surface area contributed by atoms with Crippen LogP contribution in [0.5, 0.6) is 0 Å². The minimum absolute atomic E-state index is 0.0547. The molecule has 102 valence electrons. The van der Waals surface area contributed by atoms with Crippen LogP contribution >= 0.6 is 0 Å². The van der Waals surface area contributed by atoms with Crippen molar-refractivity contribution in [1.29, 1.82) is 0 Å². The number of carbonyl (C=O) groups is 2. The smallest absolute Gasteiger partial charge is 0.317 e. The fraction of sp³-hybridized carbons (Fsp3) is 0.833. The topological polar surface area (TPSA) is 70.7 Å². The van der Waals surface area contributed by atoms with E-state index < -0.39 is 0 Å². The summed E-state index contributed by atoms with van der Waals surface area (Å²) in [5.41, 5.74) is 0. The lowest BCUT2D eigenvalue weighted by molar-refractivity contribution is -0.121. The molecule has 0 aromatic heterocycles. The lowest BCUT2D eigenvalue weighted by atomic mass is 10.3. The van der Waals surface area contributed by atoms with Crippen molar-refractivity contribution in [3.05, 3.63) is 0 Å². The summed E-state index contributed by atoms with van der Waals surface area (Å²) < 4.78 is 5.18. The van der Waals surface area contributed by atoms with Crippen molar-refractivity contribution >= 4 is 11.9 Å². The van der Waals surface area contributed by atoms with Crippen LogP contribution in [-0.2, 0) is 9.53 Å². The third-order valence-electron chi connectivity index (χ3n) is 3.10. The summed E-state index contributed by atoms with van der Waals surface area (Å²) in [6.07, 6.45) is 3.40. The Labute approximate surface area is 107 Å². The van der Waals surface area contributed by atoms with Crippen molar-refractivity contribution in [1.82, 2.24) is 15.5 Å².